The molecule has 0 N–H and O–H groups in total. The molecule has 1 aromatic heterocycles. The molecule has 4 rings (SSSR count). The topological polar surface area (TPSA) is 38.1 Å². The second kappa shape index (κ2) is 9.61. The number of aromatic nitrogens is 2. The van der Waals surface area contributed by atoms with Crippen LogP contribution < -0.4 is 0 Å². The van der Waals surface area contributed by atoms with E-state index in [2.05, 4.69) is 64.2 Å². The Bertz CT molecular complexity index is 994. The predicted molar refractivity (Wildman–Crippen MR) is 126 cm³/mol. The molecule has 0 saturated carbocycles. The number of aryl methyl sites for hydroxylation is 1. The lowest BCUT2D eigenvalue weighted by molar-refractivity contribution is 0.0939. The molecule has 2 heterocycles. The number of nitrogens with zero attached hydrogens (tertiary/aromatic N) is 3. The quantitative estimate of drug-likeness (QED) is 0.471. The first-order valence-electron chi connectivity index (χ1n) is 11.4. The first-order valence-corrected chi connectivity index (χ1v) is 11.4. The Morgan fingerprint density at radius 3 is 2.16 bits per heavy atom. The highest BCUT2D eigenvalue weighted by Gasteiger charge is 2.20. The van der Waals surface area contributed by atoms with Crippen molar-refractivity contribution in [3.05, 3.63) is 77.6 Å². The Labute approximate surface area is 185 Å². The number of likely N-dealkylation sites (tertiary alicyclic amines) is 1. The first-order chi connectivity index (χ1) is 15.0. The van der Waals surface area contributed by atoms with Gasteiger partial charge in [-0.3, -0.25) is 14.4 Å². The zero-order chi connectivity index (χ0) is 21.8. The molecule has 0 aliphatic carbocycles. The summed E-state index contributed by atoms with van der Waals surface area (Å²) in [7, 11) is 0. The Morgan fingerprint density at radius 2 is 1.61 bits per heavy atom. The third kappa shape index (κ3) is 5.50. The van der Waals surface area contributed by atoms with E-state index in [1.807, 2.05) is 32.2 Å². The van der Waals surface area contributed by atoms with Crippen molar-refractivity contribution in [3.8, 4) is 11.1 Å². The van der Waals surface area contributed by atoms with Crippen LogP contribution in [0.15, 0.2) is 60.9 Å². The molecule has 2 aromatic carbocycles. The van der Waals surface area contributed by atoms with Gasteiger partial charge in [0.05, 0.1) is 6.20 Å². The van der Waals surface area contributed by atoms with Gasteiger partial charge in [-0.25, -0.2) is 0 Å². The third-order valence-electron chi connectivity index (χ3n) is 6.30. The standard InChI is InChI=1S/C27H33N3O/c1-20(2)27(31)26-10-8-25(9-11-26)24-6-4-22(5-7-24)18-29-14-12-23(13-15-29)19-30-17-21(3)16-28-30/h4-11,16-17,20,23H,12-15,18-19H2,1-3H3. The number of rotatable bonds is 7. The van der Waals surface area contributed by atoms with Crippen LogP contribution in [0.5, 0.6) is 0 Å². The SMILES string of the molecule is Cc1cnn(CC2CCN(Cc3ccc(-c4ccc(C(=O)C(C)C)cc4)cc3)CC2)c1. The van der Waals surface area contributed by atoms with E-state index in [-0.39, 0.29) is 11.7 Å². The highest BCUT2D eigenvalue weighted by atomic mass is 16.1. The van der Waals surface area contributed by atoms with Gasteiger partial charge in [0.15, 0.2) is 5.78 Å². The molecule has 0 atom stereocenters. The van der Waals surface area contributed by atoms with E-state index in [9.17, 15) is 4.79 Å². The number of hydrogen-bond donors (Lipinski definition) is 0. The largest absolute Gasteiger partial charge is 0.299 e. The molecule has 0 unspecified atom stereocenters. The van der Waals surface area contributed by atoms with Crippen molar-refractivity contribution in [3.63, 3.8) is 0 Å². The first kappa shape index (κ1) is 21.5. The summed E-state index contributed by atoms with van der Waals surface area (Å²) in [5.41, 5.74) is 5.74. The molecule has 31 heavy (non-hydrogen) atoms. The highest BCUT2D eigenvalue weighted by Crippen LogP contribution is 2.24. The molecule has 0 radical (unpaired) electrons. The number of Topliss-reactive ketones (excluding diaryl/α,β-unsaturated/α-hetero) is 1. The van der Waals surface area contributed by atoms with Crippen molar-refractivity contribution in [2.45, 2.75) is 46.7 Å². The van der Waals surface area contributed by atoms with Crippen molar-refractivity contribution < 1.29 is 4.79 Å². The van der Waals surface area contributed by atoms with Gasteiger partial charge in [-0.05, 0) is 61.0 Å². The Hall–Kier alpha value is -2.72. The second-order valence-electron chi connectivity index (χ2n) is 9.25. The molecule has 4 heteroatoms. The fourth-order valence-corrected chi connectivity index (χ4v) is 4.38. The van der Waals surface area contributed by atoms with E-state index in [4.69, 9.17) is 0 Å². The van der Waals surface area contributed by atoms with E-state index < -0.39 is 0 Å². The fourth-order valence-electron chi connectivity index (χ4n) is 4.38. The summed E-state index contributed by atoms with van der Waals surface area (Å²) >= 11 is 0. The van der Waals surface area contributed by atoms with Crippen molar-refractivity contribution in [1.82, 2.24) is 14.7 Å². The lowest BCUT2D eigenvalue weighted by Gasteiger charge is -2.32. The Balaban J connectivity index is 1.29. The van der Waals surface area contributed by atoms with Gasteiger partial charge in [0, 0.05) is 30.8 Å². The van der Waals surface area contributed by atoms with Crippen LogP contribution in [0, 0.1) is 18.8 Å². The maximum Gasteiger partial charge on any atom is 0.165 e. The van der Waals surface area contributed by atoms with Crippen molar-refractivity contribution in [2.75, 3.05) is 13.1 Å². The predicted octanol–water partition coefficient (Wildman–Crippen LogP) is 5.61. The second-order valence-corrected chi connectivity index (χ2v) is 9.25. The van der Waals surface area contributed by atoms with Crippen LogP contribution in [0.3, 0.4) is 0 Å². The summed E-state index contributed by atoms with van der Waals surface area (Å²) in [6, 6.07) is 16.9. The van der Waals surface area contributed by atoms with E-state index in [1.165, 1.54) is 29.5 Å². The number of carbonyl (C=O) groups is 1. The molecular formula is C27H33N3O. The smallest absolute Gasteiger partial charge is 0.165 e. The van der Waals surface area contributed by atoms with Gasteiger partial charge in [-0.2, -0.15) is 5.10 Å². The molecule has 1 aliphatic rings. The van der Waals surface area contributed by atoms with Crippen LogP contribution in [0.1, 0.15) is 48.2 Å². The summed E-state index contributed by atoms with van der Waals surface area (Å²) in [4.78, 5) is 14.7. The zero-order valence-corrected chi connectivity index (χ0v) is 18.9. The lowest BCUT2D eigenvalue weighted by atomic mass is 9.96. The van der Waals surface area contributed by atoms with Crippen molar-refractivity contribution in [2.24, 2.45) is 11.8 Å². The van der Waals surface area contributed by atoms with E-state index in [1.54, 1.807) is 0 Å². The minimum atomic E-state index is 0.0324. The van der Waals surface area contributed by atoms with Gasteiger partial charge in [0.2, 0.25) is 0 Å². The summed E-state index contributed by atoms with van der Waals surface area (Å²) < 4.78 is 2.10. The molecule has 0 amide bonds. The Morgan fingerprint density at radius 1 is 1.00 bits per heavy atom. The third-order valence-corrected chi connectivity index (χ3v) is 6.30. The van der Waals surface area contributed by atoms with Crippen molar-refractivity contribution >= 4 is 5.78 Å². The van der Waals surface area contributed by atoms with Crippen LogP contribution in [-0.4, -0.2) is 33.6 Å². The average Bonchev–Trinajstić information content (AvgIpc) is 3.19. The van der Waals surface area contributed by atoms with Gasteiger partial charge in [0.1, 0.15) is 0 Å². The highest BCUT2D eigenvalue weighted by molar-refractivity contribution is 5.97. The van der Waals surface area contributed by atoms with Gasteiger partial charge in [-0.1, -0.05) is 62.4 Å². The number of hydrogen-bond acceptors (Lipinski definition) is 3. The minimum Gasteiger partial charge on any atom is -0.299 e. The van der Waals surface area contributed by atoms with E-state index in [0.717, 1.165) is 43.2 Å². The fraction of sp³-hybridized carbons (Fsp3) is 0.407. The van der Waals surface area contributed by atoms with Crippen LogP contribution >= 0.6 is 0 Å². The molecule has 0 spiro atoms. The van der Waals surface area contributed by atoms with Gasteiger partial charge in [-0.15, -0.1) is 0 Å². The number of benzene rings is 2. The molecule has 1 saturated heterocycles. The van der Waals surface area contributed by atoms with Gasteiger partial charge >= 0.3 is 0 Å². The van der Waals surface area contributed by atoms with E-state index in [0.29, 0.717) is 0 Å². The minimum absolute atomic E-state index is 0.0324. The number of piperidine rings is 1. The van der Waals surface area contributed by atoms with Crippen molar-refractivity contribution in [1.29, 1.82) is 0 Å². The number of carbonyl (C=O) groups excluding carboxylic acids is 1. The molecule has 1 fully saturated rings. The summed E-state index contributed by atoms with van der Waals surface area (Å²) in [6.07, 6.45) is 6.55. The molecule has 1 aliphatic heterocycles. The summed E-state index contributed by atoms with van der Waals surface area (Å²) in [5.74, 6) is 0.957. The van der Waals surface area contributed by atoms with Crippen LogP contribution in [0.4, 0.5) is 0 Å². The average molecular weight is 416 g/mol. The zero-order valence-electron chi connectivity index (χ0n) is 18.9. The summed E-state index contributed by atoms with van der Waals surface area (Å²) in [5, 5.41) is 4.44. The monoisotopic (exact) mass is 415 g/mol. The maximum absolute atomic E-state index is 12.1. The van der Waals surface area contributed by atoms with Gasteiger partial charge < -0.3 is 0 Å². The maximum atomic E-state index is 12.1. The van der Waals surface area contributed by atoms with Crippen LogP contribution in [-0.2, 0) is 13.1 Å². The van der Waals surface area contributed by atoms with Gasteiger partial charge in [0.25, 0.3) is 0 Å². The van der Waals surface area contributed by atoms with Crippen LogP contribution in [0.2, 0.25) is 0 Å². The van der Waals surface area contributed by atoms with E-state index >= 15 is 0 Å². The number of ketones is 1. The van der Waals surface area contributed by atoms with Crippen LogP contribution in [0.25, 0.3) is 11.1 Å². The molecule has 4 nitrogen and oxygen atoms in total. The molecule has 3 aromatic rings. The lowest BCUT2D eigenvalue weighted by Crippen LogP contribution is -2.34. The molecule has 0 bridgehead atoms. The normalized spacial score (nSPS) is 15.5. The molecular weight excluding hydrogens is 382 g/mol. The molecule has 162 valence electrons. The summed E-state index contributed by atoms with van der Waals surface area (Å²) in [6.45, 7) is 10.3. The Kier molecular flexibility index (Phi) is 6.67.